The molecule has 124 valence electrons. The molecule has 0 saturated carbocycles. The maximum Gasteiger partial charge on any atom is 0.293 e. The van der Waals surface area contributed by atoms with E-state index in [0.717, 1.165) is 0 Å². The van der Waals surface area contributed by atoms with Crippen molar-refractivity contribution in [3.63, 3.8) is 0 Å². The van der Waals surface area contributed by atoms with E-state index in [0.29, 0.717) is 30.3 Å². The summed E-state index contributed by atoms with van der Waals surface area (Å²) in [5.74, 6) is 0.357. The summed E-state index contributed by atoms with van der Waals surface area (Å²) in [5.41, 5.74) is 1.32. The molecule has 0 radical (unpaired) electrons. The molecule has 1 amide bonds. The summed E-state index contributed by atoms with van der Waals surface area (Å²) in [6.45, 7) is 0.791. The van der Waals surface area contributed by atoms with Gasteiger partial charge in [-0.1, -0.05) is 12.1 Å². The molecular weight excluding hydrogens is 310 g/mol. The Labute approximate surface area is 139 Å². The third-order valence-corrected chi connectivity index (χ3v) is 3.87. The van der Waals surface area contributed by atoms with Gasteiger partial charge < -0.3 is 14.5 Å². The first-order valence-corrected chi connectivity index (χ1v) is 7.48. The van der Waals surface area contributed by atoms with Crippen molar-refractivity contribution in [1.29, 1.82) is 0 Å². The number of carbonyl (C=O) groups is 1. The molecule has 7 heteroatoms. The summed E-state index contributed by atoms with van der Waals surface area (Å²) in [5, 5.41) is 11.3. The minimum absolute atomic E-state index is 0.0904. The zero-order chi connectivity index (χ0) is 17.3. The van der Waals surface area contributed by atoms with Gasteiger partial charge in [-0.3, -0.25) is 14.9 Å². The zero-order valence-electron chi connectivity index (χ0n) is 13.4. The van der Waals surface area contributed by atoms with Crippen molar-refractivity contribution in [2.45, 2.75) is 0 Å². The first-order chi connectivity index (χ1) is 11.5. The second-order valence-electron chi connectivity index (χ2n) is 5.63. The van der Waals surface area contributed by atoms with Crippen molar-refractivity contribution in [2.24, 2.45) is 0 Å². The lowest BCUT2D eigenvalue weighted by molar-refractivity contribution is -0.384. The Balaban J connectivity index is 2.00. The molecule has 1 aliphatic heterocycles. The fourth-order valence-corrected chi connectivity index (χ4v) is 2.72. The van der Waals surface area contributed by atoms with Crippen molar-refractivity contribution >= 4 is 23.0 Å². The number of ether oxygens (including phenoxy) is 1. The molecular formula is C17H17N3O4. The van der Waals surface area contributed by atoms with E-state index in [1.54, 1.807) is 48.2 Å². The van der Waals surface area contributed by atoms with Gasteiger partial charge in [-0.05, 0) is 24.3 Å². The molecule has 1 aliphatic rings. The largest absolute Gasteiger partial charge is 0.490 e. The number of nitrogens with zero attached hydrogens (tertiary/aromatic N) is 3. The fourth-order valence-electron chi connectivity index (χ4n) is 2.72. The SMILES string of the molecule is CN(C)c1ccc(C(=O)N2CCOc3ccccc32)cc1[N+](=O)[O-]. The van der Waals surface area contributed by atoms with Crippen LogP contribution in [0.3, 0.4) is 0 Å². The van der Waals surface area contributed by atoms with Crippen LogP contribution in [0.15, 0.2) is 42.5 Å². The molecule has 2 aromatic rings. The van der Waals surface area contributed by atoms with Crippen LogP contribution in [0, 0.1) is 10.1 Å². The summed E-state index contributed by atoms with van der Waals surface area (Å²) in [7, 11) is 3.45. The highest BCUT2D eigenvalue weighted by molar-refractivity contribution is 6.07. The smallest absolute Gasteiger partial charge is 0.293 e. The monoisotopic (exact) mass is 327 g/mol. The molecule has 0 fully saturated rings. The molecule has 0 N–H and O–H groups in total. The summed E-state index contributed by atoms with van der Waals surface area (Å²) in [6.07, 6.45) is 0. The van der Waals surface area contributed by atoms with Crippen LogP contribution >= 0.6 is 0 Å². The van der Waals surface area contributed by atoms with Gasteiger partial charge in [0, 0.05) is 25.7 Å². The molecule has 0 aliphatic carbocycles. The Bertz CT molecular complexity index is 804. The van der Waals surface area contributed by atoms with Crippen molar-refractivity contribution in [3.8, 4) is 5.75 Å². The quantitative estimate of drug-likeness (QED) is 0.640. The van der Waals surface area contributed by atoms with Gasteiger partial charge in [-0.15, -0.1) is 0 Å². The van der Waals surface area contributed by atoms with Crippen LogP contribution in [-0.2, 0) is 0 Å². The van der Waals surface area contributed by atoms with Crippen molar-refractivity contribution in [1.82, 2.24) is 0 Å². The van der Waals surface area contributed by atoms with Gasteiger partial charge in [-0.25, -0.2) is 0 Å². The number of hydrogen-bond donors (Lipinski definition) is 0. The minimum atomic E-state index is -0.473. The molecule has 7 nitrogen and oxygen atoms in total. The van der Waals surface area contributed by atoms with Gasteiger partial charge in [0.15, 0.2) is 0 Å². The van der Waals surface area contributed by atoms with Crippen molar-refractivity contribution < 1.29 is 14.5 Å². The molecule has 3 rings (SSSR count). The average molecular weight is 327 g/mol. The van der Waals surface area contributed by atoms with E-state index in [1.165, 1.54) is 6.07 Å². The third kappa shape index (κ3) is 2.76. The zero-order valence-corrected chi connectivity index (χ0v) is 13.4. The highest BCUT2D eigenvalue weighted by Gasteiger charge is 2.26. The van der Waals surface area contributed by atoms with Gasteiger partial charge in [0.1, 0.15) is 18.0 Å². The first-order valence-electron chi connectivity index (χ1n) is 7.48. The molecule has 0 unspecified atom stereocenters. The normalized spacial score (nSPS) is 13.0. The van der Waals surface area contributed by atoms with Gasteiger partial charge in [0.05, 0.1) is 17.2 Å². The highest BCUT2D eigenvalue weighted by Crippen LogP contribution is 2.33. The summed E-state index contributed by atoms with van der Waals surface area (Å²) >= 11 is 0. The molecule has 0 atom stereocenters. The number of rotatable bonds is 3. The number of nitro groups is 1. The van der Waals surface area contributed by atoms with E-state index in [9.17, 15) is 14.9 Å². The maximum absolute atomic E-state index is 12.9. The molecule has 24 heavy (non-hydrogen) atoms. The number of fused-ring (bicyclic) bond motifs is 1. The lowest BCUT2D eigenvalue weighted by Gasteiger charge is -2.29. The van der Waals surface area contributed by atoms with Gasteiger partial charge in [-0.2, -0.15) is 0 Å². The second kappa shape index (κ2) is 6.19. The summed E-state index contributed by atoms with van der Waals surface area (Å²) < 4.78 is 5.54. The van der Waals surface area contributed by atoms with Crippen LogP contribution in [-0.4, -0.2) is 38.1 Å². The fraction of sp³-hybridized carbons (Fsp3) is 0.235. The van der Waals surface area contributed by atoms with E-state index in [-0.39, 0.29) is 17.2 Å². The molecule has 0 saturated heterocycles. The van der Waals surface area contributed by atoms with Crippen LogP contribution in [0.1, 0.15) is 10.4 Å². The van der Waals surface area contributed by atoms with Crippen LogP contribution in [0.25, 0.3) is 0 Å². The summed E-state index contributed by atoms with van der Waals surface area (Å²) in [6, 6.07) is 11.8. The Morgan fingerprint density at radius 3 is 2.71 bits per heavy atom. The van der Waals surface area contributed by atoms with E-state index < -0.39 is 4.92 Å². The number of amides is 1. The summed E-state index contributed by atoms with van der Waals surface area (Å²) in [4.78, 5) is 26.9. The minimum Gasteiger partial charge on any atom is -0.490 e. The molecule has 0 bridgehead atoms. The van der Waals surface area contributed by atoms with E-state index >= 15 is 0 Å². The number of carbonyl (C=O) groups excluding carboxylic acids is 1. The van der Waals surface area contributed by atoms with Crippen molar-refractivity contribution in [3.05, 3.63) is 58.1 Å². The number of hydrogen-bond acceptors (Lipinski definition) is 5. The van der Waals surface area contributed by atoms with Crippen LogP contribution in [0.2, 0.25) is 0 Å². The number of anilines is 2. The van der Waals surface area contributed by atoms with E-state index in [1.807, 2.05) is 12.1 Å². The van der Waals surface area contributed by atoms with Gasteiger partial charge >= 0.3 is 0 Å². The van der Waals surface area contributed by atoms with Gasteiger partial charge in [0.2, 0.25) is 0 Å². The molecule has 2 aromatic carbocycles. The maximum atomic E-state index is 12.9. The number of para-hydroxylation sites is 2. The first kappa shape index (κ1) is 15.8. The predicted molar refractivity (Wildman–Crippen MR) is 91.0 cm³/mol. The van der Waals surface area contributed by atoms with Crippen LogP contribution < -0.4 is 14.5 Å². The van der Waals surface area contributed by atoms with Crippen LogP contribution in [0.4, 0.5) is 17.1 Å². The van der Waals surface area contributed by atoms with E-state index in [2.05, 4.69) is 0 Å². The average Bonchev–Trinajstić information content (AvgIpc) is 2.60. The van der Waals surface area contributed by atoms with Crippen LogP contribution in [0.5, 0.6) is 5.75 Å². The Kier molecular flexibility index (Phi) is 4.07. The number of nitro benzene ring substituents is 1. The van der Waals surface area contributed by atoms with E-state index in [4.69, 9.17) is 4.74 Å². The van der Waals surface area contributed by atoms with Crippen molar-refractivity contribution in [2.75, 3.05) is 37.0 Å². The lowest BCUT2D eigenvalue weighted by atomic mass is 10.1. The van der Waals surface area contributed by atoms with Gasteiger partial charge in [0.25, 0.3) is 11.6 Å². The Morgan fingerprint density at radius 2 is 2.00 bits per heavy atom. The second-order valence-corrected chi connectivity index (χ2v) is 5.63. The lowest BCUT2D eigenvalue weighted by Crippen LogP contribution is -2.37. The highest BCUT2D eigenvalue weighted by atomic mass is 16.6. The third-order valence-electron chi connectivity index (χ3n) is 3.87. The topological polar surface area (TPSA) is 75.9 Å². The standard InChI is InChI=1S/C17H17N3O4/c1-18(2)13-8-7-12(11-15(13)20(22)23)17(21)19-9-10-24-16-6-4-3-5-14(16)19/h3-8,11H,9-10H2,1-2H3. The predicted octanol–water partition coefficient (Wildman–Crippen LogP) is 2.70. The molecule has 0 spiro atoms. The Hall–Kier alpha value is -3.09. The number of benzene rings is 2. The molecule has 1 heterocycles. The molecule has 0 aromatic heterocycles. The Morgan fingerprint density at radius 1 is 1.25 bits per heavy atom.